The molecular formula is C12H14ClIO2. The number of alkyl halides is 1. The fourth-order valence-corrected chi connectivity index (χ4v) is 2.34. The molecule has 0 fully saturated rings. The number of esters is 1. The van der Waals surface area contributed by atoms with Crippen LogP contribution in [0.1, 0.15) is 18.4 Å². The van der Waals surface area contributed by atoms with E-state index in [1.54, 1.807) is 0 Å². The predicted molar refractivity (Wildman–Crippen MR) is 74.2 cm³/mol. The van der Waals surface area contributed by atoms with Crippen LogP contribution in [0.5, 0.6) is 0 Å². The van der Waals surface area contributed by atoms with E-state index in [2.05, 4.69) is 27.3 Å². The number of hydrogen-bond donors (Lipinski definition) is 0. The molecule has 0 aliphatic rings. The zero-order chi connectivity index (χ0) is 12.0. The third kappa shape index (κ3) is 4.29. The van der Waals surface area contributed by atoms with Gasteiger partial charge in [0.1, 0.15) is 3.92 Å². The number of ether oxygens (including phenoxy) is 1. The highest BCUT2D eigenvalue weighted by Gasteiger charge is 2.14. The normalized spacial score (nSPS) is 12.2. The minimum atomic E-state index is -0.153. The highest BCUT2D eigenvalue weighted by molar-refractivity contribution is 14.1. The zero-order valence-electron chi connectivity index (χ0n) is 9.08. The first-order valence-corrected chi connectivity index (χ1v) is 6.73. The maximum Gasteiger partial charge on any atom is 0.318 e. The average molecular weight is 353 g/mol. The Morgan fingerprint density at radius 1 is 1.50 bits per heavy atom. The third-order valence-electron chi connectivity index (χ3n) is 2.32. The number of halogens is 2. The first-order valence-electron chi connectivity index (χ1n) is 5.10. The summed E-state index contributed by atoms with van der Waals surface area (Å²) in [4.78, 5) is 11.2. The van der Waals surface area contributed by atoms with Gasteiger partial charge in [0.2, 0.25) is 0 Å². The van der Waals surface area contributed by atoms with Crippen molar-refractivity contribution in [2.24, 2.45) is 0 Å². The summed E-state index contributed by atoms with van der Waals surface area (Å²) in [6.07, 6.45) is 2.65. The minimum Gasteiger partial charge on any atom is -0.468 e. The van der Waals surface area contributed by atoms with Crippen molar-refractivity contribution in [3.05, 3.63) is 34.9 Å². The van der Waals surface area contributed by atoms with Gasteiger partial charge in [-0.3, -0.25) is 4.79 Å². The van der Waals surface area contributed by atoms with Gasteiger partial charge in [0.15, 0.2) is 0 Å². The molecule has 0 radical (unpaired) electrons. The molecule has 1 rings (SSSR count). The predicted octanol–water partition coefficient (Wildman–Crippen LogP) is 3.64. The molecule has 1 aromatic rings. The smallest absolute Gasteiger partial charge is 0.318 e. The maximum atomic E-state index is 11.2. The Morgan fingerprint density at radius 3 is 2.81 bits per heavy atom. The van der Waals surface area contributed by atoms with E-state index in [0.29, 0.717) is 0 Å². The molecule has 2 nitrogen and oxygen atoms in total. The lowest BCUT2D eigenvalue weighted by Crippen LogP contribution is -2.15. The topological polar surface area (TPSA) is 26.3 Å². The van der Waals surface area contributed by atoms with Gasteiger partial charge in [-0.1, -0.05) is 52.4 Å². The molecule has 0 N–H and O–H groups in total. The van der Waals surface area contributed by atoms with Crippen LogP contribution in [0.3, 0.4) is 0 Å². The molecule has 88 valence electrons. The summed E-state index contributed by atoms with van der Waals surface area (Å²) in [5, 5.41) is 0.797. The van der Waals surface area contributed by atoms with Gasteiger partial charge in [-0.25, -0.2) is 0 Å². The molecule has 0 aliphatic carbocycles. The van der Waals surface area contributed by atoms with Gasteiger partial charge in [-0.05, 0) is 30.9 Å². The van der Waals surface area contributed by atoms with Crippen molar-refractivity contribution in [3.63, 3.8) is 0 Å². The van der Waals surface area contributed by atoms with Crippen LogP contribution in [0, 0.1) is 0 Å². The van der Waals surface area contributed by atoms with Crippen molar-refractivity contribution in [1.29, 1.82) is 0 Å². The van der Waals surface area contributed by atoms with E-state index in [4.69, 9.17) is 11.6 Å². The summed E-state index contributed by atoms with van der Waals surface area (Å²) in [5.74, 6) is -0.153. The molecule has 0 saturated heterocycles. The Labute approximate surface area is 114 Å². The van der Waals surface area contributed by atoms with Crippen LogP contribution in [0.2, 0.25) is 5.02 Å². The highest BCUT2D eigenvalue weighted by Crippen LogP contribution is 2.19. The number of carbonyl (C=O) groups excluding carboxylic acids is 1. The lowest BCUT2D eigenvalue weighted by molar-refractivity contribution is -0.139. The quantitative estimate of drug-likeness (QED) is 0.459. The molecule has 0 bridgehead atoms. The Balaban J connectivity index is 2.36. The molecule has 1 unspecified atom stereocenters. The van der Waals surface area contributed by atoms with E-state index in [1.807, 2.05) is 24.3 Å². The molecule has 1 aromatic carbocycles. The fourth-order valence-electron chi connectivity index (χ4n) is 1.42. The van der Waals surface area contributed by atoms with E-state index in [-0.39, 0.29) is 9.89 Å². The maximum absolute atomic E-state index is 11.2. The second-order valence-electron chi connectivity index (χ2n) is 3.47. The molecule has 0 amide bonds. The van der Waals surface area contributed by atoms with E-state index >= 15 is 0 Å². The number of benzene rings is 1. The van der Waals surface area contributed by atoms with Gasteiger partial charge in [0.25, 0.3) is 0 Å². The summed E-state index contributed by atoms with van der Waals surface area (Å²) >= 11 is 8.15. The van der Waals surface area contributed by atoms with Gasteiger partial charge < -0.3 is 4.74 Å². The summed E-state index contributed by atoms with van der Waals surface area (Å²) < 4.78 is 4.60. The molecule has 0 aliphatic heterocycles. The Kier molecular flexibility index (Phi) is 6.13. The van der Waals surface area contributed by atoms with Gasteiger partial charge in [-0.2, -0.15) is 0 Å². The average Bonchev–Trinajstić information content (AvgIpc) is 2.30. The first kappa shape index (κ1) is 13.8. The monoisotopic (exact) mass is 352 g/mol. The van der Waals surface area contributed by atoms with Crippen molar-refractivity contribution < 1.29 is 9.53 Å². The summed E-state index contributed by atoms with van der Waals surface area (Å²) in [6, 6.07) is 7.80. The Bertz CT molecular complexity index is 355. The van der Waals surface area contributed by atoms with Crippen molar-refractivity contribution in [1.82, 2.24) is 0 Å². The number of hydrogen-bond acceptors (Lipinski definition) is 2. The van der Waals surface area contributed by atoms with Crippen LogP contribution in [0.25, 0.3) is 0 Å². The van der Waals surface area contributed by atoms with Crippen molar-refractivity contribution in [2.45, 2.75) is 23.2 Å². The molecule has 0 aromatic heterocycles. The minimum absolute atomic E-state index is 0.0647. The van der Waals surface area contributed by atoms with Gasteiger partial charge in [0.05, 0.1) is 7.11 Å². The van der Waals surface area contributed by atoms with Crippen LogP contribution >= 0.6 is 34.2 Å². The fraction of sp³-hybridized carbons (Fsp3) is 0.417. The molecular weight excluding hydrogens is 338 g/mol. The van der Waals surface area contributed by atoms with Crippen molar-refractivity contribution in [2.75, 3.05) is 7.11 Å². The summed E-state index contributed by atoms with van der Waals surface area (Å²) in [6.45, 7) is 0. The van der Waals surface area contributed by atoms with E-state index in [0.717, 1.165) is 29.8 Å². The van der Waals surface area contributed by atoms with Gasteiger partial charge >= 0.3 is 5.97 Å². The second kappa shape index (κ2) is 7.12. The van der Waals surface area contributed by atoms with Gasteiger partial charge in [-0.15, -0.1) is 0 Å². The first-order chi connectivity index (χ1) is 7.65. The largest absolute Gasteiger partial charge is 0.468 e. The summed E-state index contributed by atoms with van der Waals surface area (Å²) in [7, 11) is 1.42. The lowest BCUT2D eigenvalue weighted by Gasteiger charge is -2.07. The number of methoxy groups -OCH3 is 1. The highest BCUT2D eigenvalue weighted by atomic mass is 127. The van der Waals surface area contributed by atoms with Crippen LogP contribution in [0.15, 0.2) is 24.3 Å². The van der Waals surface area contributed by atoms with E-state index in [9.17, 15) is 4.79 Å². The van der Waals surface area contributed by atoms with Crippen LogP contribution in [0.4, 0.5) is 0 Å². The second-order valence-corrected chi connectivity index (χ2v) is 5.39. The molecule has 16 heavy (non-hydrogen) atoms. The number of carbonyl (C=O) groups is 1. The van der Waals surface area contributed by atoms with E-state index in [1.165, 1.54) is 7.11 Å². The molecule has 0 spiro atoms. The molecule has 0 heterocycles. The number of aryl methyl sites for hydroxylation is 1. The van der Waals surface area contributed by atoms with Crippen molar-refractivity contribution in [3.8, 4) is 0 Å². The summed E-state index contributed by atoms with van der Waals surface area (Å²) in [5.41, 5.74) is 1.14. The van der Waals surface area contributed by atoms with Crippen molar-refractivity contribution >= 4 is 40.2 Å². The van der Waals surface area contributed by atoms with Crippen LogP contribution < -0.4 is 0 Å². The standard InChI is InChI=1S/C12H14ClIO2/c1-16-12(15)11(14)8-4-6-9-5-2-3-7-10(9)13/h2-3,5,7,11H,4,6,8H2,1H3. The van der Waals surface area contributed by atoms with Crippen LogP contribution in [-0.2, 0) is 16.0 Å². The number of rotatable bonds is 5. The molecule has 0 saturated carbocycles. The zero-order valence-corrected chi connectivity index (χ0v) is 12.0. The SMILES string of the molecule is COC(=O)C(I)CCCc1ccccc1Cl. The third-order valence-corrected chi connectivity index (χ3v) is 3.82. The van der Waals surface area contributed by atoms with E-state index < -0.39 is 0 Å². The Morgan fingerprint density at radius 2 is 2.19 bits per heavy atom. The Hall–Kier alpha value is -0.290. The molecule has 1 atom stereocenters. The van der Waals surface area contributed by atoms with Gasteiger partial charge in [0, 0.05) is 5.02 Å². The van der Waals surface area contributed by atoms with Crippen LogP contribution in [-0.4, -0.2) is 17.0 Å². The lowest BCUT2D eigenvalue weighted by atomic mass is 10.1. The molecule has 4 heteroatoms.